The Labute approximate surface area is 68.6 Å². The summed E-state index contributed by atoms with van der Waals surface area (Å²) in [5, 5.41) is 0. The molecule has 66 valence electrons. The van der Waals surface area contributed by atoms with Gasteiger partial charge in [-0.15, -0.1) is 0 Å². The maximum atomic E-state index is 13.4. The van der Waals surface area contributed by atoms with Crippen LogP contribution in [-0.4, -0.2) is 29.7 Å². The molecule has 1 fully saturated rings. The van der Waals surface area contributed by atoms with E-state index in [0.717, 1.165) is 19.4 Å². The average Bonchev–Trinajstić information content (AvgIpc) is 1.85. The van der Waals surface area contributed by atoms with Crippen molar-refractivity contribution in [3.05, 3.63) is 0 Å². The van der Waals surface area contributed by atoms with Crippen LogP contribution in [0.25, 0.3) is 0 Å². The molecule has 1 aliphatic heterocycles. The van der Waals surface area contributed by atoms with E-state index in [-0.39, 0.29) is 0 Å². The van der Waals surface area contributed by atoms with Crippen molar-refractivity contribution in [1.29, 1.82) is 0 Å². The third-order valence-corrected chi connectivity index (χ3v) is 2.41. The van der Waals surface area contributed by atoms with Gasteiger partial charge in [0.2, 0.25) is 0 Å². The summed E-state index contributed by atoms with van der Waals surface area (Å²) in [4.78, 5) is 2.21. The van der Waals surface area contributed by atoms with Crippen molar-refractivity contribution in [1.82, 2.24) is 4.90 Å². The molecular weight excluding hydrogens is 141 g/mol. The zero-order chi connectivity index (χ0) is 8.48. The fourth-order valence-corrected chi connectivity index (χ4v) is 1.67. The number of alkyl halides is 1. The topological polar surface area (TPSA) is 3.24 Å². The van der Waals surface area contributed by atoms with Crippen molar-refractivity contribution in [2.24, 2.45) is 0 Å². The smallest absolute Gasteiger partial charge is 0.120 e. The lowest BCUT2D eigenvalue weighted by atomic mass is 9.96. The van der Waals surface area contributed by atoms with Crippen LogP contribution in [0.4, 0.5) is 4.39 Å². The highest BCUT2D eigenvalue weighted by molar-refractivity contribution is 4.84. The highest BCUT2D eigenvalue weighted by Crippen LogP contribution is 2.25. The van der Waals surface area contributed by atoms with E-state index in [4.69, 9.17) is 0 Å². The highest BCUT2D eigenvalue weighted by atomic mass is 19.1. The number of rotatable bonds is 1. The van der Waals surface area contributed by atoms with Gasteiger partial charge in [0.05, 0.1) is 0 Å². The van der Waals surface area contributed by atoms with Crippen LogP contribution in [0.2, 0.25) is 0 Å². The quantitative estimate of drug-likeness (QED) is 0.567. The van der Waals surface area contributed by atoms with Crippen LogP contribution in [0.3, 0.4) is 0 Å². The SMILES string of the molecule is CC(C)N1CCC[C@](C)(F)C1. The van der Waals surface area contributed by atoms with Crippen molar-refractivity contribution in [3.8, 4) is 0 Å². The summed E-state index contributed by atoms with van der Waals surface area (Å²) in [7, 11) is 0. The molecule has 11 heavy (non-hydrogen) atoms. The predicted molar refractivity (Wildman–Crippen MR) is 45.5 cm³/mol. The number of piperidine rings is 1. The first-order valence-corrected chi connectivity index (χ1v) is 4.44. The summed E-state index contributed by atoms with van der Waals surface area (Å²) in [5.74, 6) is 0. The van der Waals surface area contributed by atoms with Gasteiger partial charge in [0, 0.05) is 12.6 Å². The highest BCUT2D eigenvalue weighted by Gasteiger charge is 2.31. The molecule has 0 aromatic rings. The second-order valence-electron chi connectivity index (χ2n) is 4.08. The largest absolute Gasteiger partial charge is 0.298 e. The predicted octanol–water partition coefficient (Wildman–Crippen LogP) is 2.22. The van der Waals surface area contributed by atoms with Gasteiger partial charge in [0.15, 0.2) is 0 Å². The third-order valence-electron chi connectivity index (χ3n) is 2.41. The van der Waals surface area contributed by atoms with Gasteiger partial charge in [-0.3, -0.25) is 4.90 Å². The fraction of sp³-hybridized carbons (Fsp3) is 1.00. The molecule has 0 amide bonds. The van der Waals surface area contributed by atoms with Crippen molar-refractivity contribution in [3.63, 3.8) is 0 Å². The number of likely N-dealkylation sites (tertiary alicyclic amines) is 1. The van der Waals surface area contributed by atoms with Gasteiger partial charge >= 0.3 is 0 Å². The monoisotopic (exact) mass is 159 g/mol. The Morgan fingerprint density at radius 3 is 2.45 bits per heavy atom. The first-order chi connectivity index (χ1) is 5.01. The van der Waals surface area contributed by atoms with Crippen LogP contribution < -0.4 is 0 Å². The summed E-state index contributed by atoms with van der Waals surface area (Å²) < 4.78 is 13.4. The van der Waals surface area contributed by atoms with E-state index in [2.05, 4.69) is 18.7 Å². The van der Waals surface area contributed by atoms with Crippen molar-refractivity contribution >= 4 is 0 Å². The zero-order valence-corrected chi connectivity index (χ0v) is 7.73. The van der Waals surface area contributed by atoms with E-state index in [1.807, 2.05) is 0 Å². The molecule has 0 N–H and O–H groups in total. The average molecular weight is 159 g/mol. The maximum absolute atomic E-state index is 13.4. The van der Waals surface area contributed by atoms with E-state index < -0.39 is 5.67 Å². The molecule has 1 nitrogen and oxygen atoms in total. The van der Waals surface area contributed by atoms with E-state index in [1.165, 1.54) is 0 Å². The third kappa shape index (κ3) is 2.44. The van der Waals surface area contributed by atoms with Crippen LogP contribution in [0, 0.1) is 0 Å². The summed E-state index contributed by atoms with van der Waals surface area (Å²) >= 11 is 0. The molecule has 2 heteroatoms. The van der Waals surface area contributed by atoms with Gasteiger partial charge in [-0.25, -0.2) is 4.39 Å². The second kappa shape index (κ2) is 3.10. The Kier molecular flexibility index (Phi) is 2.53. The Morgan fingerprint density at radius 2 is 2.09 bits per heavy atom. The second-order valence-corrected chi connectivity index (χ2v) is 4.08. The first kappa shape index (κ1) is 8.98. The first-order valence-electron chi connectivity index (χ1n) is 4.44. The van der Waals surface area contributed by atoms with Gasteiger partial charge in [0.1, 0.15) is 5.67 Å². The number of hydrogen-bond acceptors (Lipinski definition) is 1. The Hall–Kier alpha value is -0.110. The van der Waals surface area contributed by atoms with Crippen LogP contribution in [0.5, 0.6) is 0 Å². The van der Waals surface area contributed by atoms with Crippen LogP contribution in [0.15, 0.2) is 0 Å². The minimum absolute atomic E-state index is 0.491. The summed E-state index contributed by atoms with van der Waals surface area (Å²) in [5.41, 5.74) is -0.942. The molecule has 0 aliphatic carbocycles. The number of hydrogen-bond donors (Lipinski definition) is 0. The Bertz CT molecular complexity index is 132. The zero-order valence-electron chi connectivity index (χ0n) is 7.73. The van der Waals surface area contributed by atoms with E-state index in [0.29, 0.717) is 12.6 Å². The lowest BCUT2D eigenvalue weighted by Gasteiger charge is -2.37. The standard InChI is InChI=1S/C9H18FN/c1-8(2)11-6-4-5-9(3,10)7-11/h8H,4-7H2,1-3H3/t9-/m0/s1. The summed E-state index contributed by atoms with van der Waals surface area (Å²) in [6.45, 7) is 7.65. The summed E-state index contributed by atoms with van der Waals surface area (Å²) in [6.07, 6.45) is 1.74. The fourth-order valence-electron chi connectivity index (χ4n) is 1.67. The molecule has 1 rings (SSSR count). The maximum Gasteiger partial charge on any atom is 0.120 e. The summed E-state index contributed by atoms with van der Waals surface area (Å²) in [6, 6.07) is 0.491. The molecule has 0 spiro atoms. The Balaban J connectivity index is 2.46. The molecule has 0 unspecified atom stereocenters. The number of halogens is 1. The molecule has 0 bridgehead atoms. The van der Waals surface area contributed by atoms with Crippen LogP contribution in [-0.2, 0) is 0 Å². The van der Waals surface area contributed by atoms with Crippen molar-refractivity contribution in [2.75, 3.05) is 13.1 Å². The van der Waals surface area contributed by atoms with Gasteiger partial charge in [-0.05, 0) is 40.2 Å². The molecule has 0 aromatic carbocycles. The van der Waals surface area contributed by atoms with Gasteiger partial charge < -0.3 is 0 Å². The van der Waals surface area contributed by atoms with Gasteiger partial charge in [-0.1, -0.05) is 0 Å². The molecule has 1 saturated heterocycles. The van der Waals surface area contributed by atoms with E-state index in [9.17, 15) is 4.39 Å². The number of nitrogens with zero attached hydrogens (tertiary/aromatic N) is 1. The molecular formula is C9H18FN. The van der Waals surface area contributed by atoms with Crippen LogP contribution >= 0.6 is 0 Å². The van der Waals surface area contributed by atoms with Crippen molar-refractivity contribution in [2.45, 2.75) is 45.3 Å². The molecule has 0 aromatic heterocycles. The van der Waals surface area contributed by atoms with Gasteiger partial charge in [0.25, 0.3) is 0 Å². The molecule has 1 heterocycles. The molecule has 1 atom stereocenters. The van der Waals surface area contributed by atoms with Crippen LogP contribution in [0.1, 0.15) is 33.6 Å². The van der Waals surface area contributed by atoms with Crippen molar-refractivity contribution < 1.29 is 4.39 Å². The van der Waals surface area contributed by atoms with Gasteiger partial charge in [-0.2, -0.15) is 0 Å². The van der Waals surface area contributed by atoms with E-state index in [1.54, 1.807) is 6.92 Å². The lowest BCUT2D eigenvalue weighted by molar-refractivity contribution is 0.0435. The minimum Gasteiger partial charge on any atom is -0.298 e. The molecule has 0 radical (unpaired) electrons. The normalized spacial score (nSPS) is 34.6. The Morgan fingerprint density at radius 1 is 1.45 bits per heavy atom. The lowest BCUT2D eigenvalue weighted by Crippen LogP contribution is -2.46. The molecule has 1 aliphatic rings. The minimum atomic E-state index is -0.942. The molecule has 0 saturated carbocycles. The van der Waals surface area contributed by atoms with E-state index >= 15 is 0 Å².